The molecule has 2 aliphatic carbocycles. The molecule has 118 valence electrons. The second kappa shape index (κ2) is 7.25. The lowest BCUT2D eigenvalue weighted by Crippen LogP contribution is -2.29. The Morgan fingerprint density at radius 1 is 1.23 bits per heavy atom. The van der Waals surface area contributed by atoms with Gasteiger partial charge in [-0.3, -0.25) is 9.59 Å². The highest BCUT2D eigenvalue weighted by molar-refractivity contribution is 5.68. The third kappa shape index (κ3) is 4.20. The number of ether oxygens (including phenoxy) is 2. The molecule has 0 aliphatic heterocycles. The minimum absolute atomic E-state index is 0.204. The molecule has 0 spiro atoms. The minimum atomic E-state index is -0.364. The Morgan fingerprint density at radius 3 is 2.59 bits per heavy atom. The summed E-state index contributed by atoms with van der Waals surface area (Å²) in [6, 6.07) is 0. The van der Waals surface area contributed by atoms with E-state index < -0.39 is 0 Å². The SMILES string of the molecule is CC(=O)OC1=CC=CC1[C@@H](C[C@@H](C)C1=CC=CC1)OC(C)=O. The van der Waals surface area contributed by atoms with Gasteiger partial charge in [-0.1, -0.05) is 42.9 Å². The van der Waals surface area contributed by atoms with Crippen molar-refractivity contribution in [2.45, 2.75) is 39.7 Å². The zero-order valence-corrected chi connectivity index (χ0v) is 13.2. The first kappa shape index (κ1) is 16.3. The molecule has 4 heteroatoms. The predicted molar refractivity (Wildman–Crippen MR) is 83.7 cm³/mol. The van der Waals surface area contributed by atoms with Gasteiger partial charge in [0.2, 0.25) is 0 Å². The van der Waals surface area contributed by atoms with E-state index in [0.717, 1.165) is 6.42 Å². The molecular formula is C18H22O4. The largest absolute Gasteiger partial charge is 0.461 e. The third-order valence-electron chi connectivity index (χ3n) is 3.91. The molecule has 0 N–H and O–H groups in total. The van der Waals surface area contributed by atoms with Crippen LogP contribution in [-0.2, 0) is 19.1 Å². The molecule has 0 amide bonds. The van der Waals surface area contributed by atoms with Crippen LogP contribution in [0, 0.1) is 11.8 Å². The van der Waals surface area contributed by atoms with Crippen molar-refractivity contribution in [2.75, 3.05) is 0 Å². The van der Waals surface area contributed by atoms with E-state index in [-0.39, 0.29) is 24.0 Å². The van der Waals surface area contributed by atoms with Gasteiger partial charge in [0.15, 0.2) is 0 Å². The average Bonchev–Trinajstić information content (AvgIpc) is 3.07. The highest BCUT2D eigenvalue weighted by Gasteiger charge is 2.31. The normalized spacial score (nSPS) is 22.0. The summed E-state index contributed by atoms with van der Waals surface area (Å²) in [6.45, 7) is 4.90. The van der Waals surface area contributed by atoms with E-state index in [0.29, 0.717) is 18.1 Å². The van der Waals surface area contributed by atoms with Gasteiger partial charge in [0.1, 0.15) is 11.9 Å². The van der Waals surface area contributed by atoms with Gasteiger partial charge in [-0.25, -0.2) is 0 Å². The summed E-state index contributed by atoms with van der Waals surface area (Å²) in [5, 5.41) is 0. The first-order valence-corrected chi connectivity index (χ1v) is 7.57. The first-order chi connectivity index (χ1) is 10.5. The number of hydrogen-bond donors (Lipinski definition) is 0. The summed E-state index contributed by atoms with van der Waals surface area (Å²) in [7, 11) is 0. The van der Waals surface area contributed by atoms with Gasteiger partial charge in [-0.15, -0.1) is 0 Å². The Hall–Kier alpha value is -2.10. The highest BCUT2D eigenvalue weighted by atomic mass is 16.6. The quantitative estimate of drug-likeness (QED) is 0.705. The van der Waals surface area contributed by atoms with Crippen LogP contribution >= 0.6 is 0 Å². The number of carbonyl (C=O) groups excluding carboxylic acids is 2. The minimum Gasteiger partial charge on any atom is -0.461 e. The standard InChI is InChI=1S/C18H22O4/c1-12(15-7-4-5-8-15)11-18(22-14(3)20)16-9-6-10-17(16)21-13(2)19/h4-7,9-10,12,16,18H,8,11H2,1-3H3/t12-,16?,18-/m1/s1. The van der Waals surface area contributed by atoms with Crippen molar-refractivity contribution in [3.8, 4) is 0 Å². The van der Waals surface area contributed by atoms with Gasteiger partial charge in [0.05, 0.1) is 5.92 Å². The zero-order valence-electron chi connectivity index (χ0n) is 13.2. The second-order valence-corrected chi connectivity index (χ2v) is 5.73. The van der Waals surface area contributed by atoms with Crippen LogP contribution in [-0.4, -0.2) is 18.0 Å². The van der Waals surface area contributed by atoms with Crippen LogP contribution < -0.4 is 0 Å². The summed E-state index contributed by atoms with van der Waals surface area (Å²) >= 11 is 0. The van der Waals surface area contributed by atoms with E-state index in [1.165, 1.54) is 19.4 Å². The van der Waals surface area contributed by atoms with Gasteiger partial charge in [0, 0.05) is 13.8 Å². The molecule has 0 aromatic rings. The molecule has 0 aromatic carbocycles. The fourth-order valence-electron chi connectivity index (χ4n) is 2.86. The molecule has 0 heterocycles. The second-order valence-electron chi connectivity index (χ2n) is 5.73. The van der Waals surface area contributed by atoms with Crippen LogP contribution in [0.4, 0.5) is 0 Å². The van der Waals surface area contributed by atoms with Crippen molar-refractivity contribution in [1.29, 1.82) is 0 Å². The maximum atomic E-state index is 11.4. The van der Waals surface area contributed by atoms with Gasteiger partial charge in [-0.05, 0) is 24.8 Å². The number of carbonyl (C=O) groups is 2. The smallest absolute Gasteiger partial charge is 0.307 e. The van der Waals surface area contributed by atoms with Crippen LogP contribution in [0.2, 0.25) is 0 Å². The Balaban J connectivity index is 2.08. The van der Waals surface area contributed by atoms with Gasteiger partial charge in [-0.2, -0.15) is 0 Å². The molecule has 0 saturated carbocycles. The fourth-order valence-corrected chi connectivity index (χ4v) is 2.86. The lowest BCUT2D eigenvalue weighted by Gasteiger charge is -2.27. The van der Waals surface area contributed by atoms with Gasteiger partial charge >= 0.3 is 11.9 Å². The van der Waals surface area contributed by atoms with Crippen LogP contribution in [0.15, 0.2) is 47.8 Å². The Bertz CT molecular complexity index is 566. The molecule has 4 nitrogen and oxygen atoms in total. The average molecular weight is 302 g/mol. The van der Waals surface area contributed by atoms with Crippen LogP contribution in [0.25, 0.3) is 0 Å². The predicted octanol–water partition coefficient (Wildman–Crippen LogP) is 3.46. The van der Waals surface area contributed by atoms with Crippen molar-refractivity contribution in [3.05, 3.63) is 47.8 Å². The summed E-state index contributed by atoms with van der Waals surface area (Å²) in [4.78, 5) is 22.6. The van der Waals surface area contributed by atoms with Crippen molar-refractivity contribution in [3.63, 3.8) is 0 Å². The molecule has 2 aliphatic rings. The third-order valence-corrected chi connectivity index (χ3v) is 3.91. The highest BCUT2D eigenvalue weighted by Crippen LogP contribution is 2.33. The summed E-state index contributed by atoms with van der Waals surface area (Å²) in [6.07, 6.45) is 13.1. The van der Waals surface area contributed by atoms with Crippen LogP contribution in [0.3, 0.4) is 0 Å². The lowest BCUT2D eigenvalue weighted by atomic mass is 9.88. The Morgan fingerprint density at radius 2 is 2.00 bits per heavy atom. The van der Waals surface area contributed by atoms with E-state index in [4.69, 9.17) is 9.47 Å². The lowest BCUT2D eigenvalue weighted by molar-refractivity contribution is -0.149. The summed E-state index contributed by atoms with van der Waals surface area (Å²) in [5.74, 6) is -0.0444. The van der Waals surface area contributed by atoms with E-state index in [2.05, 4.69) is 19.1 Å². The molecule has 2 rings (SSSR count). The molecule has 22 heavy (non-hydrogen) atoms. The van der Waals surface area contributed by atoms with Crippen molar-refractivity contribution in [1.82, 2.24) is 0 Å². The van der Waals surface area contributed by atoms with Crippen molar-refractivity contribution in [2.24, 2.45) is 11.8 Å². The molecule has 1 unspecified atom stereocenters. The fraction of sp³-hybridized carbons (Fsp3) is 0.444. The first-order valence-electron chi connectivity index (χ1n) is 7.57. The van der Waals surface area contributed by atoms with Crippen LogP contribution in [0.1, 0.15) is 33.6 Å². The Kier molecular flexibility index (Phi) is 5.36. The van der Waals surface area contributed by atoms with Crippen LogP contribution in [0.5, 0.6) is 0 Å². The zero-order chi connectivity index (χ0) is 16.1. The maximum absolute atomic E-state index is 11.4. The molecule has 0 aromatic heterocycles. The van der Waals surface area contributed by atoms with Gasteiger partial charge < -0.3 is 9.47 Å². The molecule has 0 saturated heterocycles. The van der Waals surface area contributed by atoms with E-state index in [1.807, 2.05) is 18.2 Å². The van der Waals surface area contributed by atoms with E-state index in [9.17, 15) is 9.59 Å². The number of rotatable bonds is 6. The number of allylic oxidation sites excluding steroid dienone is 6. The maximum Gasteiger partial charge on any atom is 0.307 e. The molecule has 3 atom stereocenters. The molecule has 0 bridgehead atoms. The summed E-state index contributed by atoms with van der Waals surface area (Å²) < 4.78 is 10.7. The summed E-state index contributed by atoms with van der Waals surface area (Å²) in [5.41, 5.74) is 1.33. The number of hydrogen-bond acceptors (Lipinski definition) is 4. The topological polar surface area (TPSA) is 52.6 Å². The molecule has 0 fully saturated rings. The Labute approximate surface area is 131 Å². The van der Waals surface area contributed by atoms with E-state index >= 15 is 0 Å². The molecular weight excluding hydrogens is 280 g/mol. The monoisotopic (exact) mass is 302 g/mol. The van der Waals surface area contributed by atoms with Crippen molar-refractivity contribution >= 4 is 11.9 Å². The molecule has 0 radical (unpaired) electrons. The van der Waals surface area contributed by atoms with Crippen molar-refractivity contribution < 1.29 is 19.1 Å². The van der Waals surface area contributed by atoms with Gasteiger partial charge in [0.25, 0.3) is 0 Å². The van der Waals surface area contributed by atoms with E-state index in [1.54, 1.807) is 6.08 Å². The number of esters is 2.